The van der Waals surface area contributed by atoms with Gasteiger partial charge in [-0.15, -0.1) is 10.2 Å². The number of hydrogen-bond acceptors (Lipinski definition) is 5. The van der Waals surface area contributed by atoms with E-state index in [4.69, 9.17) is 4.42 Å². The molecule has 1 atom stereocenters. The molecule has 4 heterocycles. The Morgan fingerprint density at radius 3 is 2.59 bits per heavy atom. The average Bonchev–Trinajstić information content (AvgIpc) is 3.09. The molecular weight excluding hydrogens is 278 g/mol. The summed E-state index contributed by atoms with van der Waals surface area (Å²) in [4.78, 5) is 2.35. The molecular formula is C17H19N3O2. The van der Waals surface area contributed by atoms with E-state index in [0.29, 0.717) is 11.8 Å². The van der Waals surface area contributed by atoms with Crippen molar-refractivity contribution < 1.29 is 9.52 Å². The monoisotopic (exact) mass is 297 g/mol. The lowest BCUT2D eigenvalue weighted by Gasteiger charge is -2.49. The minimum atomic E-state index is -0.679. The minimum absolute atomic E-state index is 0.395. The van der Waals surface area contributed by atoms with E-state index >= 15 is 0 Å². The fourth-order valence-corrected chi connectivity index (χ4v) is 3.54. The van der Waals surface area contributed by atoms with E-state index < -0.39 is 5.60 Å². The van der Waals surface area contributed by atoms with Crippen molar-refractivity contribution in [1.29, 1.82) is 0 Å². The van der Waals surface area contributed by atoms with E-state index in [9.17, 15) is 5.11 Å². The van der Waals surface area contributed by atoms with Gasteiger partial charge in [0.2, 0.25) is 12.3 Å². The number of piperidine rings is 3. The topological polar surface area (TPSA) is 62.4 Å². The zero-order valence-electron chi connectivity index (χ0n) is 12.4. The summed E-state index contributed by atoms with van der Waals surface area (Å²) in [5, 5.41) is 18.4. The first-order valence-corrected chi connectivity index (χ1v) is 7.73. The van der Waals surface area contributed by atoms with Crippen LogP contribution in [-0.4, -0.2) is 45.4 Å². The van der Waals surface area contributed by atoms with Crippen LogP contribution in [0.5, 0.6) is 0 Å². The Bertz CT molecular complexity index is 658. The summed E-state index contributed by atoms with van der Waals surface area (Å²) in [7, 11) is 0. The molecule has 114 valence electrons. The van der Waals surface area contributed by atoms with E-state index in [-0.39, 0.29) is 0 Å². The first kappa shape index (κ1) is 13.7. The van der Waals surface area contributed by atoms with E-state index in [1.54, 1.807) is 0 Å². The van der Waals surface area contributed by atoms with Crippen molar-refractivity contribution in [3.05, 3.63) is 42.3 Å². The molecule has 0 spiro atoms. The van der Waals surface area contributed by atoms with Gasteiger partial charge in [0.05, 0.1) is 5.60 Å². The van der Waals surface area contributed by atoms with Gasteiger partial charge in [-0.1, -0.05) is 24.3 Å². The van der Waals surface area contributed by atoms with Crippen molar-refractivity contribution in [3.63, 3.8) is 0 Å². The van der Waals surface area contributed by atoms with Crippen LogP contribution in [0.1, 0.15) is 18.4 Å². The van der Waals surface area contributed by atoms with Crippen LogP contribution in [0, 0.1) is 5.92 Å². The van der Waals surface area contributed by atoms with E-state index in [1.165, 1.54) is 6.39 Å². The lowest BCUT2D eigenvalue weighted by Crippen LogP contribution is -2.58. The second-order valence-corrected chi connectivity index (χ2v) is 6.24. The third-order valence-corrected chi connectivity index (χ3v) is 4.85. The average molecular weight is 297 g/mol. The fraction of sp³-hybridized carbons (Fsp3) is 0.412. The van der Waals surface area contributed by atoms with Crippen LogP contribution in [0.15, 0.2) is 41.2 Å². The maximum atomic E-state index is 10.9. The van der Waals surface area contributed by atoms with Crippen LogP contribution in [0.2, 0.25) is 0 Å². The van der Waals surface area contributed by atoms with E-state index in [2.05, 4.69) is 15.1 Å². The standard InChI is InChI=1S/C17H19N3O2/c21-17(11-20-9-6-15(17)7-10-20)8-5-13-1-3-14(4-2-13)16-19-18-12-22-16/h1-5,8,12,15,21H,6-7,9-11H2. The van der Waals surface area contributed by atoms with Gasteiger partial charge in [-0.25, -0.2) is 0 Å². The molecule has 1 aromatic heterocycles. The van der Waals surface area contributed by atoms with Crippen LogP contribution in [0.25, 0.3) is 17.5 Å². The summed E-state index contributed by atoms with van der Waals surface area (Å²) in [6.45, 7) is 3.01. The predicted octanol–water partition coefficient (Wildman–Crippen LogP) is 2.21. The van der Waals surface area contributed by atoms with Gasteiger partial charge in [0.25, 0.3) is 0 Å². The van der Waals surface area contributed by atoms with Gasteiger partial charge in [0.15, 0.2) is 0 Å². The summed E-state index contributed by atoms with van der Waals surface area (Å²) >= 11 is 0. The van der Waals surface area contributed by atoms with Gasteiger partial charge in [-0.2, -0.15) is 0 Å². The molecule has 0 radical (unpaired) electrons. The van der Waals surface area contributed by atoms with Gasteiger partial charge in [0.1, 0.15) is 0 Å². The normalized spacial score (nSPS) is 31.0. The lowest BCUT2D eigenvalue weighted by molar-refractivity contribution is -0.0775. The number of benzene rings is 1. The number of nitrogens with zero attached hydrogens (tertiary/aromatic N) is 3. The van der Waals surface area contributed by atoms with Crippen molar-refractivity contribution >= 4 is 6.08 Å². The molecule has 3 saturated heterocycles. The largest absolute Gasteiger partial charge is 0.423 e. The van der Waals surface area contributed by atoms with Crippen LogP contribution in [0.3, 0.4) is 0 Å². The Morgan fingerprint density at radius 1 is 1.23 bits per heavy atom. The molecule has 3 aliphatic heterocycles. The fourth-order valence-electron chi connectivity index (χ4n) is 3.54. The Hall–Kier alpha value is -1.98. The zero-order valence-corrected chi connectivity index (χ0v) is 12.4. The lowest BCUT2D eigenvalue weighted by atomic mass is 9.75. The molecule has 1 N–H and O–H groups in total. The van der Waals surface area contributed by atoms with Crippen molar-refractivity contribution in [2.45, 2.75) is 18.4 Å². The molecule has 3 aliphatic rings. The predicted molar refractivity (Wildman–Crippen MR) is 82.9 cm³/mol. The Morgan fingerprint density at radius 2 is 2.00 bits per heavy atom. The molecule has 5 heteroatoms. The third-order valence-electron chi connectivity index (χ3n) is 4.85. The highest BCUT2D eigenvalue weighted by atomic mass is 16.4. The van der Waals surface area contributed by atoms with Crippen molar-refractivity contribution in [3.8, 4) is 11.5 Å². The van der Waals surface area contributed by atoms with Gasteiger partial charge in [-0.3, -0.25) is 0 Å². The number of hydrogen-bond donors (Lipinski definition) is 1. The molecule has 5 rings (SSSR count). The highest BCUT2D eigenvalue weighted by Crippen LogP contribution is 2.36. The first-order chi connectivity index (χ1) is 10.7. The minimum Gasteiger partial charge on any atom is -0.423 e. The Kier molecular flexibility index (Phi) is 3.32. The molecule has 1 aromatic carbocycles. The quantitative estimate of drug-likeness (QED) is 0.941. The Labute approximate surface area is 129 Å². The second kappa shape index (κ2) is 5.34. The van der Waals surface area contributed by atoms with Crippen LogP contribution in [-0.2, 0) is 0 Å². The SMILES string of the molecule is OC1(C=Cc2ccc(-c3nnco3)cc2)CN2CCC1CC2. The van der Waals surface area contributed by atoms with E-state index in [1.807, 2.05) is 36.4 Å². The number of aromatic nitrogens is 2. The van der Waals surface area contributed by atoms with Crippen LogP contribution in [0.4, 0.5) is 0 Å². The van der Waals surface area contributed by atoms with Crippen LogP contribution < -0.4 is 0 Å². The second-order valence-electron chi connectivity index (χ2n) is 6.24. The smallest absolute Gasteiger partial charge is 0.247 e. The van der Waals surface area contributed by atoms with Crippen LogP contribution >= 0.6 is 0 Å². The maximum absolute atomic E-state index is 10.9. The van der Waals surface area contributed by atoms with Gasteiger partial charge in [0, 0.05) is 12.1 Å². The van der Waals surface area contributed by atoms with E-state index in [0.717, 1.165) is 43.6 Å². The number of fused-ring (bicyclic) bond motifs is 3. The van der Waals surface area contributed by atoms with Gasteiger partial charge < -0.3 is 14.4 Å². The number of rotatable bonds is 3. The molecule has 3 fully saturated rings. The summed E-state index contributed by atoms with van der Waals surface area (Å²) in [6, 6.07) is 7.91. The molecule has 0 amide bonds. The highest BCUT2D eigenvalue weighted by Gasteiger charge is 2.43. The maximum Gasteiger partial charge on any atom is 0.247 e. The molecule has 22 heavy (non-hydrogen) atoms. The molecule has 5 nitrogen and oxygen atoms in total. The highest BCUT2D eigenvalue weighted by molar-refractivity contribution is 5.58. The Balaban J connectivity index is 1.51. The van der Waals surface area contributed by atoms with Gasteiger partial charge >= 0.3 is 0 Å². The third kappa shape index (κ3) is 2.46. The molecule has 2 bridgehead atoms. The molecule has 0 aliphatic carbocycles. The first-order valence-electron chi connectivity index (χ1n) is 7.73. The zero-order chi connectivity index (χ0) is 15.0. The number of aliphatic hydroxyl groups is 1. The summed E-state index contributed by atoms with van der Waals surface area (Å²) in [6.07, 6.45) is 7.50. The molecule has 1 unspecified atom stereocenters. The van der Waals surface area contributed by atoms with Crippen molar-refractivity contribution in [2.75, 3.05) is 19.6 Å². The summed E-state index contributed by atoms with van der Waals surface area (Å²) in [5.74, 6) is 0.915. The molecule has 2 aromatic rings. The summed E-state index contributed by atoms with van der Waals surface area (Å²) < 4.78 is 5.18. The van der Waals surface area contributed by atoms with Crippen molar-refractivity contribution in [2.24, 2.45) is 5.92 Å². The summed E-state index contributed by atoms with van der Waals surface area (Å²) in [5.41, 5.74) is 1.28. The van der Waals surface area contributed by atoms with Gasteiger partial charge in [-0.05, 0) is 49.5 Å². The van der Waals surface area contributed by atoms with Crippen molar-refractivity contribution in [1.82, 2.24) is 15.1 Å². The molecule has 0 saturated carbocycles.